The number of halogens is 30. The van der Waals surface area contributed by atoms with Gasteiger partial charge < -0.3 is 0 Å². The van der Waals surface area contributed by atoms with Crippen LogP contribution in [-0.4, -0.2) is 25.0 Å². The Morgan fingerprint density at radius 3 is 0.466 bits per heavy atom. The van der Waals surface area contributed by atoms with Gasteiger partial charge in [-0.05, 0) is 109 Å². The van der Waals surface area contributed by atoms with Crippen molar-refractivity contribution in [2.24, 2.45) is 0 Å². The molecular weight excluding hydrogens is 1310 g/mol. The van der Waals surface area contributed by atoms with E-state index in [-0.39, 0.29) is 18.6 Å². The first-order valence-corrected chi connectivity index (χ1v) is 22.8. The predicted octanol–water partition coefficient (Wildman–Crippen LogP) is 10.5. The summed E-state index contributed by atoms with van der Waals surface area (Å²) in [6, 6.07) is 0. The summed E-state index contributed by atoms with van der Waals surface area (Å²) in [6.07, 6.45) is 6.50. The number of hydrogen-bond donors (Lipinski definition) is 0. The molecule has 0 aromatic heterocycles. The maximum Gasteiger partial charge on any atom is 0.434 e. The summed E-state index contributed by atoms with van der Waals surface area (Å²) >= 11 is 0. The SMILES string of the molecule is C[C]1[CH][CH][CH][CH][CH]1.C[C]1[CH][CH][CH][CH][CH]1.Fc1c(F)c(F)c([B-]([N+]=[C][CH][C]=[N+][B-](c2c(F)c(F)c(F)c(F)c2F)(c2c(F)c(F)c(F)c(F)c2F)c2c(F)c(F)c(F)c(F)c2F)(c2c(F)c(F)c(F)c(F)c2F)c2c(F)c(F)c(F)c(F)c2F)c(F)c1F.[V]. The standard InChI is InChI=1S/C39HB2F30N2.2C7H8.V/c42-10-4(11(43)23(55)34(66)22(10)54)40(5-12(44)24(56)35(67)25(57)13(5)45,6-14(46)26(58)36(68)27(59)15(6)47)72-2-1-3-73-41(7-16(48)28(60)37(69)29(61)17(7)49,8-18(50)30(62)38(70)31(63)19(8)51)9-20(52)32(64)39(71)33(65)21(9)53;2*1-7-5-3-2-4-6-7;/h1H;2*2-6H,1H3;. The molecule has 8 rings (SSSR count). The number of hydrogen-bond acceptors (Lipinski definition) is 2. The molecule has 0 heterocycles. The molecule has 0 bridgehead atoms. The molecule has 0 spiro atoms. The fraction of sp³-hybridized carbons (Fsp3) is 0.0377. The van der Waals surface area contributed by atoms with Gasteiger partial charge in [-0.15, -0.1) is 0 Å². The molecule has 18 radical (unpaired) electrons. The van der Waals surface area contributed by atoms with Crippen LogP contribution in [0.1, 0.15) is 13.8 Å². The molecule has 0 aliphatic heterocycles. The summed E-state index contributed by atoms with van der Waals surface area (Å²) in [7, 11) is 0. The minimum Gasteiger partial charge on any atom is -0.219 e. The van der Waals surface area contributed by atoms with Crippen molar-refractivity contribution in [1.29, 1.82) is 0 Å². The molecule has 2 aliphatic rings. The van der Waals surface area contributed by atoms with Gasteiger partial charge in [-0.3, -0.25) is 0 Å². The average molecular weight is 1320 g/mol. The van der Waals surface area contributed by atoms with Crippen LogP contribution in [0.25, 0.3) is 0 Å². The first kappa shape index (κ1) is 72.0. The molecule has 88 heavy (non-hydrogen) atoms. The van der Waals surface area contributed by atoms with Crippen molar-refractivity contribution >= 4 is 57.8 Å². The normalized spacial score (nSPS) is 14.4. The molecule has 2 saturated carbocycles. The molecule has 0 saturated heterocycles. The maximum atomic E-state index is 15.8. The molecular formula is C53H17B2F30N2V. The smallest absolute Gasteiger partial charge is 0.219 e. The molecule has 0 N–H and O–H groups in total. The van der Waals surface area contributed by atoms with Crippen LogP contribution in [0.3, 0.4) is 0 Å². The number of benzene rings is 6. The summed E-state index contributed by atoms with van der Waals surface area (Å²) in [5.41, 5.74) is -21.2. The third-order valence-electron chi connectivity index (χ3n) is 12.5. The molecule has 2 fully saturated rings. The van der Waals surface area contributed by atoms with Gasteiger partial charge >= 0.3 is 12.6 Å². The van der Waals surface area contributed by atoms with Gasteiger partial charge in [-0.2, -0.15) is 0 Å². The molecule has 0 atom stereocenters. The molecule has 6 aromatic rings. The van der Waals surface area contributed by atoms with E-state index in [4.69, 9.17) is 0 Å². The van der Waals surface area contributed by atoms with Gasteiger partial charge in [0.2, 0.25) is 0 Å². The van der Waals surface area contributed by atoms with Crippen LogP contribution in [0, 0.1) is 257 Å². The van der Waals surface area contributed by atoms with E-state index in [1.807, 2.05) is 38.5 Å². The van der Waals surface area contributed by atoms with E-state index in [9.17, 15) is 79.0 Å². The summed E-state index contributed by atoms with van der Waals surface area (Å²) in [4.78, 5) is 4.82. The molecule has 2 nitrogen and oxygen atoms in total. The summed E-state index contributed by atoms with van der Waals surface area (Å²) in [5.74, 6) is -106. The van der Waals surface area contributed by atoms with E-state index < -0.39 is 226 Å². The minimum absolute atomic E-state index is 0. The quantitative estimate of drug-likeness (QED) is 0.0430. The number of nitrogens with zero attached hydrogens (tertiary/aromatic N) is 2. The van der Waals surface area contributed by atoms with Crippen LogP contribution < -0.4 is 42.6 Å². The van der Waals surface area contributed by atoms with Crippen molar-refractivity contribution in [1.82, 2.24) is 9.81 Å². The molecule has 2 aliphatic carbocycles. The molecule has 0 unspecified atom stereocenters. The van der Waals surface area contributed by atoms with Gasteiger partial charge in [0.05, 0.1) is 0 Å². The van der Waals surface area contributed by atoms with E-state index in [1.165, 1.54) is 11.8 Å². The van der Waals surface area contributed by atoms with Crippen molar-refractivity contribution < 1.29 is 150 Å². The maximum absolute atomic E-state index is 15.8. The van der Waals surface area contributed by atoms with Gasteiger partial charge in [0, 0.05) is 18.6 Å². The zero-order chi connectivity index (χ0) is 65.5. The van der Waals surface area contributed by atoms with Gasteiger partial charge in [-0.25, -0.2) is 142 Å². The first-order chi connectivity index (χ1) is 40.5. The second-order valence-corrected chi connectivity index (χ2v) is 17.5. The fourth-order valence-corrected chi connectivity index (χ4v) is 8.58. The second kappa shape index (κ2) is 28.0. The monoisotopic (exact) mass is 1320 g/mol. The zero-order valence-electron chi connectivity index (χ0n) is 42.2. The van der Waals surface area contributed by atoms with Gasteiger partial charge in [-0.1, -0.05) is 13.8 Å². The Morgan fingerprint density at radius 2 is 0.352 bits per heavy atom. The van der Waals surface area contributed by atoms with Crippen molar-refractivity contribution in [2.75, 3.05) is 0 Å². The van der Waals surface area contributed by atoms with E-state index in [0.717, 1.165) is 0 Å². The van der Waals surface area contributed by atoms with Gasteiger partial charge in [0.1, 0.15) is 69.8 Å². The second-order valence-electron chi connectivity index (χ2n) is 17.5. The van der Waals surface area contributed by atoms with Crippen LogP contribution in [0.15, 0.2) is 0 Å². The van der Waals surface area contributed by atoms with Gasteiger partial charge in [0.25, 0.3) is 12.4 Å². The molecule has 6 aromatic carbocycles. The molecule has 35 heteroatoms. The number of rotatable bonds is 10. The summed E-state index contributed by atoms with van der Waals surface area (Å²) < 4.78 is 454. The Morgan fingerprint density at radius 1 is 0.227 bits per heavy atom. The van der Waals surface area contributed by atoms with Crippen LogP contribution in [0.5, 0.6) is 0 Å². The molecule has 460 valence electrons. The Hall–Kier alpha value is -6.73. The Labute approximate surface area is 487 Å². The van der Waals surface area contributed by atoms with Crippen molar-refractivity contribution in [3.63, 3.8) is 0 Å². The van der Waals surface area contributed by atoms with Gasteiger partial charge in [0.15, 0.2) is 111 Å². The average Bonchev–Trinajstić information content (AvgIpc) is 0.760. The third kappa shape index (κ3) is 12.2. The Bertz CT molecular complexity index is 3020. The molecule has 0 amide bonds. The first-order valence-electron chi connectivity index (χ1n) is 22.8. The zero-order valence-corrected chi connectivity index (χ0v) is 43.6. The minimum atomic E-state index is -7.06. The van der Waals surface area contributed by atoms with E-state index in [2.05, 4.69) is 49.3 Å². The fourth-order valence-electron chi connectivity index (χ4n) is 8.58. The Balaban J connectivity index is 0.000000824. The largest absolute Gasteiger partial charge is 0.434 e. The van der Waals surface area contributed by atoms with E-state index >= 15 is 52.7 Å². The third-order valence-corrected chi connectivity index (χ3v) is 12.5. The predicted molar refractivity (Wildman–Crippen MR) is 246 cm³/mol. The van der Waals surface area contributed by atoms with Crippen molar-refractivity contribution in [3.8, 4) is 0 Å². The van der Waals surface area contributed by atoms with E-state index in [1.54, 1.807) is 0 Å². The van der Waals surface area contributed by atoms with Crippen molar-refractivity contribution in [3.05, 3.63) is 257 Å². The Kier molecular flexibility index (Phi) is 22.9. The van der Waals surface area contributed by atoms with Crippen LogP contribution >= 0.6 is 0 Å². The summed E-state index contributed by atoms with van der Waals surface area (Å²) in [6.45, 7) is 4.17. The van der Waals surface area contributed by atoms with Crippen LogP contribution in [0.2, 0.25) is 0 Å². The topological polar surface area (TPSA) is 28.2 Å². The van der Waals surface area contributed by atoms with Crippen LogP contribution in [-0.2, 0) is 18.6 Å². The summed E-state index contributed by atoms with van der Waals surface area (Å²) in [5, 5.41) is 0. The van der Waals surface area contributed by atoms with E-state index in [0.29, 0.717) is 12.4 Å². The van der Waals surface area contributed by atoms with Crippen LogP contribution in [0.4, 0.5) is 132 Å². The van der Waals surface area contributed by atoms with Crippen molar-refractivity contribution in [2.45, 2.75) is 13.8 Å².